The standard InChI is InChI=1S/C17H21N3O/c1-3-8-19-17(21)15-9-16(12-18-11-15)20-10-14-6-4-13(2)5-7-14/h4-7,9,11-12,20H,3,8,10H2,1-2H3,(H,19,21). The predicted molar refractivity (Wildman–Crippen MR) is 85.4 cm³/mol. The van der Waals surface area contributed by atoms with Crippen molar-refractivity contribution in [1.82, 2.24) is 10.3 Å². The van der Waals surface area contributed by atoms with Gasteiger partial charge < -0.3 is 10.6 Å². The lowest BCUT2D eigenvalue weighted by Crippen LogP contribution is -2.24. The number of rotatable bonds is 6. The molecular formula is C17H21N3O. The largest absolute Gasteiger partial charge is 0.380 e. The van der Waals surface area contributed by atoms with E-state index in [0.717, 1.165) is 12.1 Å². The van der Waals surface area contributed by atoms with E-state index in [9.17, 15) is 4.79 Å². The fraction of sp³-hybridized carbons (Fsp3) is 0.294. The number of benzene rings is 1. The Morgan fingerprint density at radius 1 is 1.19 bits per heavy atom. The van der Waals surface area contributed by atoms with Gasteiger partial charge in [0.2, 0.25) is 0 Å². The lowest BCUT2D eigenvalue weighted by Gasteiger charge is -2.08. The van der Waals surface area contributed by atoms with Crippen LogP contribution in [0.4, 0.5) is 5.69 Å². The van der Waals surface area contributed by atoms with E-state index in [2.05, 4.69) is 46.8 Å². The van der Waals surface area contributed by atoms with Crippen molar-refractivity contribution in [3.63, 3.8) is 0 Å². The number of aryl methyl sites for hydroxylation is 1. The van der Waals surface area contributed by atoms with Crippen LogP contribution in [-0.2, 0) is 6.54 Å². The summed E-state index contributed by atoms with van der Waals surface area (Å²) in [6, 6.07) is 10.2. The maximum absolute atomic E-state index is 11.9. The first-order valence-electron chi connectivity index (χ1n) is 7.21. The van der Waals surface area contributed by atoms with Crippen LogP contribution >= 0.6 is 0 Å². The Morgan fingerprint density at radius 3 is 2.67 bits per heavy atom. The molecule has 2 aromatic rings. The maximum Gasteiger partial charge on any atom is 0.252 e. The number of amides is 1. The molecule has 0 aliphatic rings. The highest BCUT2D eigenvalue weighted by Gasteiger charge is 2.05. The Labute approximate surface area is 125 Å². The summed E-state index contributed by atoms with van der Waals surface area (Å²) in [5.41, 5.74) is 3.87. The molecule has 0 saturated heterocycles. The molecular weight excluding hydrogens is 262 g/mol. The summed E-state index contributed by atoms with van der Waals surface area (Å²) in [4.78, 5) is 16.0. The van der Waals surface area contributed by atoms with Crippen molar-refractivity contribution in [2.75, 3.05) is 11.9 Å². The molecule has 110 valence electrons. The number of anilines is 1. The molecule has 0 fully saturated rings. The fourth-order valence-corrected chi connectivity index (χ4v) is 1.91. The van der Waals surface area contributed by atoms with E-state index in [1.54, 1.807) is 12.4 Å². The number of hydrogen-bond donors (Lipinski definition) is 2. The van der Waals surface area contributed by atoms with Crippen LogP contribution in [0.25, 0.3) is 0 Å². The highest BCUT2D eigenvalue weighted by molar-refractivity contribution is 5.94. The summed E-state index contributed by atoms with van der Waals surface area (Å²) in [6.45, 7) is 5.49. The Hall–Kier alpha value is -2.36. The zero-order valence-electron chi connectivity index (χ0n) is 12.5. The highest BCUT2D eigenvalue weighted by atomic mass is 16.1. The Bertz CT molecular complexity index is 593. The number of nitrogens with one attached hydrogen (secondary N) is 2. The van der Waals surface area contributed by atoms with Gasteiger partial charge in [0.15, 0.2) is 0 Å². The zero-order valence-corrected chi connectivity index (χ0v) is 12.5. The second kappa shape index (κ2) is 7.43. The van der Waals surface area contributed by atoms with Gasteiger partial charge in [-0.2, -0.15) is 0 Å². The number of aromatic nitrogens is 1. The third-order valence-electron chi connectivity index (χ3n) is 3.15. The molecule has 2 rings (SSSR count). The van der Waals surface area contributed by atoms with Crippen molar-refractivity contribution >= 4 is 11.6 Å². The number of hydrogen-bond acceptors (Lipinski definition) is 3. The normalized spacial score (nSPS) is 10.2. The molecule has 0 radical (unpaired) electrons. The molecule has 4 nitrogen and oxygen atoms in total. The zero-order chi connectivity index (χ0) is 15.1. The number of pyridine rings is 1. The fourth-order valence-electron chi connectivity index (χ4n) is 1.91. The van der Waals surface area contributed by atoms with E-state index >= 15 is 0 Å². The van der Waals surface area contributed by atoms with Gasteiger partial charge in [-0.15, -0.1) is 0 Å². The van der Waals surface area contributed by atoms with Crippen LogP contribution in [0, 0.1) is 6.92 Å². The molecule has 2 N–H and O–H groups in total. The second-order valence-electron chi connectivity index (χ2n) is 5.06. The van der Waals surface area contributed by atoms with Crippen molar-refractivity contribution < 1.29 is 4.79 Å². The third kappa shape index (κ3) is 4.60. The number of nitrogens with zero attached hydrogens (tertiary/aromatic N) is 1. The van der Waals surface area contributed by atoms with E-state index in [0.29, 0.717) is 18.7 Å². The van der Waals surface area contributed by atoms with Gasteiger partial charge in [-0.3, -0.25) is 9.78 Å². The van der Waals surface area contributed by atoms with Gasteiger partial charge in [0.1, 0.15) is 0 Å². The van der Waals surface area contributed by atoms with E-state index < -0.39 is 0 Å². The van der Waals surface area contributed by atoms with Gasteiger partial charge >= 0.3 is 0 Å². The van der Waals surface area contributed by atoms with Gasteiger partial charge in [-0.1, -0.05) is 36.8 Å². The quantitative estimate of drug-likeness (QED) is 0.856. The lowest BCUT2D eigenvalue weighted by molar-refractivity contribution is 0.0953. The van der Waals surface area contributed by atoms with Crippen molar-refractivity contribution in [2.45, 2.75) is 26.8 Å². The van der Waals surface area contributed by atoms with Crippen molar-refractivity contribution in [3.8, 4) is 0 Å². The van der Waals surface area contributed by atoms with Crippen LogP contribution in [0.2, 0.25) is 0 Å². The molecule has 0 bridgehead atoms. The third-order valence-corrected chi connectivity index (χ3v) is 3.15. The first-order valence-corrected chi connectivity index (χ1v) is 7.21. The van der Waals surface area contributed by atoms with Crippen LogP contribution in [0.1, 0.15) is 34.8 Å². The summed E-state index contributed by atoms with van der Waals surface area (Å²) in [5.74, 6) is -0.0802. The van der Waals surface area contributed by atoms with Crippen LogP contribution in [0.15, 0.2) is 42.7 Å². The van der Waals surface area contributed by atoms with Crippen molar-refractivity contribution in [2.24, 2.45) is 0 Å². The van der Waals surface area contributed by atoms with Gasteiger partial charge in [-0.05, 0) is 25.0 Å². The minimum absolute atomic E-state index is 0.0802. The molecule has 1 aromatic heterocycles. The Balaban J connectivity index is 1.97. The average Bonchev–Trinajstić information content (AvgIpc) is 2.52. The molecule has 1 amide bonds. The Morgan fingerprint density at radius 2 is 1.95 bits per heavy atom. The molecule has 1 heterocycles. The molecule has 0 unspecified atom stereocenters. The van der Waals surface area contributed by atoms with Crippen LogP contribution < -0.4 is 10.6 Å². The van der Waals surface area contributed by atoms with E-state index in [1.807, 2.05) is 13.0 Å². The number of carbonyl (C=O) groups is 1. The summed E-state index contributed by atoms with van der Waals surface area (Å²) in [5, 5.41) is 6.14. The molecule has 0 spiro atoms. The Kier molecular flexibility index (Phi) is 5.32. The molecule has 0 saturated carbocycles. The van der Waals surface area contributed by atoms with Gasteiger partial charge in [-0.25, -0.2) is 0 Å². The van der Waals surface area contributed by atoms with Crippen molar-refractivity contribution in [1.29, 1.82) is 0 Å². The van der Waals surface area contributed by atoms with E-state index in [4.69, 9.17) is 0 Å². The summed E-state index contributed by atoms with van der Waals surface area (Å²) in [7, 11) is 0. The smallest absolute Gasteiger partial charge is 0.252 e. The van der Waals surface area contributed by atoms with E-state index in [1.165, 1.54) is 11.1 Å². The molecule has 0 atom stereocenters. The molecule has 21 heavy (non-hydrogen) atoms. The average molecular weight is 283 g/mol. The summed E-state index contributed by atoms with van der Waals surface area (Å²) >= 11 is 0. The van der Waals surface area contributed by atoms with Gasteiger partial charge in [0.05, 0.1) is 11.3 Å². The predicted octanol–water partition coefficient (Wildman–Crippen LogP) is 3.14. The highest BCUT2D eigenvalue weighted by Crippen LogP contribution is 2.11. The van der Waals surface area contributed by atoms with Crippen molar-refractivity contribution in [3.05, 3.63) is 59.4 Å². The topological polar surface area (TPSA) is 54.0 Å². The molecule has 1 aromatic carbocycles. The first kappa shape index (κ1) is 15.0. The second-order valence-corrected chi connectivity index (χ2v) is 5.06. The summed E-state index contributed by atoms with van der Waals surface area (Å²) in [6.07, 6.45) is 4.23. The SMILES string of the molecule is CCCNC(=O)c1cncc(NCc2ccc(C)cc2)c1. The summed E-state index contributed by atoms with van der Waals surface area (Å²) < 4.78 is 0. The maximum atomic E-state index is 11.9. The monoisotopic (exact) mass is 283 g/mol. The first-order chi connectivity index (χ1) is 10.2. The van der Waals surface area contributed by atoms with Gasteiger partial charge in [0, 0.05) is 25.5 Å². The lowest BCUT2D eigenvalue weighted by atomic mass is 10.1. The van der Waals surface area contributed by atoms with Crippen LogP contribution in [0.3, 0.4) is 0 Å². The van der Waals surface area contributed by atoms with Gasteiger partial charge in [0.25, 0.3) is 5.91 Å². The minimum atomic E-state index is -0.0802. The molecule has 0 aliphatic carbocycles. The van der Waals surface area contributed by atoms with Crippen LogP contribution in [-0.4, -0.2) is 17.4 Å². The minimum Gasteiger partial charge on any atom is -0.380 e. The van der Waals surface area contributed by atoms with E-state index in [-0.39, 0.29) is 5.91 Å². The molecule has 0 aliphatic heterocycles. The van der Waals surface area contributed by atoms with Crippen LogP contribution in [0.5, 0.6) is 0 Å². The molecule has 4 heteroatoms. The number of carbonyl (C=O) groups excluding carboxylic acids is 1.